The van der Waals surface area contributed by atoms with Gasteiger partial charge in [0.05, 0.1) is 6.61 Å². The van der Waals surface area contributed by atoms with E-state index in [2.05, 4.69) is 0 Å². The van der Waals surface area contributed by atoms with Gasteiger partial charge in [0.1, 0.15) is 5.75 Å². The first-order valence-corrected chi connectivity index (χ1v) is 8.44. The van der Waals surface area contributed by atoms with Gasteiger partial charge in [-0.25, -0.2) is 0 Å². The van der Waals surface area contributed by atoms with Gasteiger partial charge in [0.15, 0.2) is 0 Å². The van der Waals surface area contributed by atoms with Gasteiger partial charge in [0.25, 0.3) is 5.91 Å². The molecule has 1 amide bonds. The summed E-state index contributed by atoms with van der Waals surface area (Å²) in [5.41, 5.74) is 1.59. The third kappa shape index (κ3) is 4.70. The van der Waals surface area contributed by atoms with Crippen molar-refractivity contribution in [3.8, 4) is 5.75 Å². The van der Waals surface area contributed by atoms with Crippen LogP contribution in [-0.2, 0) is 0 Å². The Hall–Kier alpha value is -3.07. The van der Waals surface area contributed by atoms with Gasteiger partial charge in [-0.3, -0.25) is 4.79 Å². The highest BCUT2D eigenvalue weighted by atomic mass is 16.5. The maximum atomic E-state index is 12.9. The predicted molar refractivity (Wildman–Crippen MR) is 101 cm³/mol. The van der Waals surface area contributed by atoms with Gasteiger partial charge in [0, 0.05) is 17.8 Å². The normalized spacial score (nSPS) is 10.2. The van der Waals surface area contributed by atoms with Crippen LogP contribution in [0.5, 0.6) is 5.75 Å². The topological polar surface area (TPSA) is 29.5 Å². The molecule has 3 aromatic rings. The smallest absolute Gasteiger partial charge is 0.258 e. The Morgan fingerprint density at radius 2 is 1.32 bits per heavy atom. The number of rotatable bonds is 7. The van der Waals surface area contributed by atoms with Crippen LogP contribution in [-0.4, -0.2) is 19.1 Å². The van der Waals surface area contributed by atoms with Crippen LogP contribution in [0.1, 0.15) is 16.8 Å². The fourth-order valence-corrected chi connectivity index (χ4v) is 2.62. The number of amides is 1. The number of ether oxygens (including phenoxy) is 1. The second-order valence-electron chi connectivity index (χ2n) is 5.67. The van der Waals surface area contributed by atoms with E-state index in [0.717, 1.165) is 17.9 Å². The van der Waals surface area contributed by atoms with Crippen molar-refractivity contribution < 1.29 is 9.53 Å². The fraction of sp³-hybridized carbons (Fsp3) is 0.136. The Balaban J connectivity index is 1.66. The summed E-state index contributed by atoms with van der Waals surface area (Å²) in [6, 6.07) is 28.9. The minimum absolute atomic E-state index is 0.00603. The zero-order valence-electron chi connectivity index (χ0n) is 14.0. The summed E-state index contributed by atoms with van der Waals surface area (Å²) in [7, 11) is 0. The van der Waals surface area contributed by atoms with Crippen molar-refractivity contribution in [1.82, 2.24) is 0 Å². The maximum absolute atomic E-state index is 12.9. The molecule has 3 aromatic carbocycles. The molecule has 0 radical (unpaired) electrons. The van der Waals surface area contributed by atoms with Crippen molar-refractivity contribution >= 4 is 11.6 Å². The van der Waals surface area contributed by atoms with Gasteiger partial charge in [-0.05, 0) is 42.8 Å². The molecule has 0 saturated carbocycles. The molecule has 0 aliphatic heterocycles. The molecule has 25 heavy (non-hydrogen) atoms. The van der Waals surface area contributed by atoms with Crippen LogP contribution in [0.3, 0.4) is 0 Å². The van der Waals surface area contributed by atoms with Crippen LogP contribution in [0.2, 0.25) is 0 Å². The number of benzene rings is 3. The lowest BCUT2D eigenvalue weighted by Gasteiger charge is -2.23. The number of hydrogen-bond acceptors (Lipinski definition) is 2. The first-order valence-electron chi connectivity index (χ1n) is 8.44. The molecule has 3 heteroatoms. The summed E-state index contributed by atoms with van der Waals surface area (Å²) >= 11 is 0. The molecule has 3 rings (SSSR count). The molecule has 3 nitrogen and oxygen atoms in total. The lowest BCUT2D eigenvalue weighted by atomic mass is 10.1. The first-order chi connectivity index (χ1) is 12.3. The molecular weight excluding hydrogens is 310 g/mol. The van der Waals surface area contributed by atoms with E-state index in [1.54, 1.807) is 0 Å². The van der Waals surface area contributed by atoms with Gasteiger partial charge in [-0.15, -0.1) is 0 Å². The molecular formula is C22H21NO2. The SMILES string of the molecule is O=C(c1ccccc1)N(CCCOc1ccccc1)c1ccccc1. The van der Waals surface area contributed by atoms with Crippen molar-refractivity contribution in [2.24, 2.45) is 0 Å². The van der Waals surface area contributed by atoms with Gasteiger partial charge in [0.2, 0.25) is 0 Å². The van der Waals surface area contributed by atoms with Gasteiger partial charge < -0.3 is 9.64 Å². The van der Waals surface area contributed by atoms with Crippen molar-refractivity contribution in [2.45, 2.75) is 6.42 Å². The number of nitrogens with zero attached hydrogens (tertiary/aromatic N) is 1. The summed E-state index contributed by atoms with van der Waals surface area (Å²) in [4.78, 5) is 14.7. The average Bonchev–Trinajstić information content (AvgIpc) is 2.70. The van der Waals surface area contributed by atoms with E-state index in [1.165, 1.54) is 0 Å². The highest BCUT2D eigenvalue weighted by Crippen LogP contribution is 2.17. The minimum Gasteiger partial charge on any atom is -0.494 e. The molecule has 0 atom stereocenters. The predicted octanol–water partition coefficient (Wildman–Crippen LogP) is 4.80. The summed E-state index contributed by atoms with van der Waals surface area (Å²) in [5.74, 6) is 0.856. The molecule has 0 aromatic heterocycles. The van der Waals surface area contributed by atoms with Gasteiger partial charge in [-0.1, -0.05) is 54.6 Å². The third-order valence-electron chi connectivity index (χ3n) is 3.87. The standard InChI is InChI=1S/C22H21NO2/c24-22(19-11-4-1-5-12-19)23(20-13-6-2-7-14-20)17-10-18-25-21-15-8-3-9-16-21/h1-9,11-16H,10,17-18H2. The second-order valence-corrected chi connectivity index (χ2v) is 5.67. The van der Waals surface area contributed by atoms with Crippen LogP contribution < -0.4 is 9.64 Å². The van der Waals surface area contributed by atoms with Gasteiger partial charge in [-0.2, -0.15) is 0 Å². The zero-order valence-corrected chi connectivity index (χ0v) is 14.0. The van der Waals surface area contributed by atoms with Crippen LogP contribution in [0.25, 0.3) is 0 Å². The maximum Gasteiger partial charge on any atom is 0.258 e. The number of carbonyl (C=O) groups is 1. The molecule has 0 heterocycles. The van der Waals surface area contributed by atoms with Crippen molar-refractivity contribution in [3.63, 3.8) is 0 Å². The summed E-state index contributed by atoms with van der Waals surface area (Å²) in [6.07, 6.45) is 0.752. The van der Waals surface area contributed by atoms with E-state index in [0.29, 0.717) is 18.7 Å². The highest BCUT2D eigenvalue weighted by molar-refractivity contribution is 6.06. The highest BCUT2D eigenvalue weighted by Gasteiger charge is 2.16. The summed E-state index contributed by atoms with van der Waals surface area (Å²) in [6.45, 7) is 1.17. The van der Waals surface area contributed by atoms with Crippen LogP contribution in [0.15, 0.2) is 91.0 Å². The Morgan fingerprint density at radius 1 is 0.760 bits per heavy atom. The first kappa shape index (κ1) is 16.8. The quantitative estimate of drug-likeness (QED) is 0.582. The lowest BCUT2D eigenvalue weighted by molar-refractivity contribution is 0.0985. The Bertz CT molecular complexity index is 773. The number of anilines is 1. The Labute approximate surface area is 148 Å². The van der Waals surface area contributed by atoms with E-state index in [-0.39, 0.29) is 5.91 Å². The van der Waals surface area contributed by atoms with Crippen LogP contribution in [0.4, 0.5) is 5.69 Å². The Morgan fingerprint density at radius 3 is 1.96 bits per heavy atom. The second kappa shape index (κ2) is 8.69. The monoisotopic (exact) mass is 331 g/mol. The van der Waals surface area contributed by atoms with E-state index in [9.17, 15) is 4.79 Å². The van der Waals surface area contributed by atoms with Crippen molar-refractivity contribution in [1.29, 1.82) is 0 Å². The lowest BCUT2D eigenvalue weighted by Crippen LogP contribution is -2.32. The molecule has 0 saturated heterocycles. The third-order valence-corrected chi connectivity index (χ3v) is 3.87. The molecule has 0 aliphatic carbocycles. The summed E-state index contributed by atoms with van der Waals surface area (Å²) < 4.78 is 5.74. The Kier molecular flexibility index (Phi) is 5.83. The molecule has 0 aliphatic rings. The molecule has 0 fully saturated rings. The van der Waals surface area contributed by atoms with E-state index >= 15 is 0 Å². The van der Waals surface area contributed by atoms with E-state index < -0.39 is 0 Å². The van der Waals surface area contributed by atoms with Crippen LogP contribution >= 0.6 is 0 Å². The van der Waals surface area contributed by atoms with Gasteiger partial charge >= 0.3 is 0 Å². The molecule has 0 bridgehead atoms. The average molecular weight is 331 g/mol. The molecule has 0 unspecified atom stereocenters. The molecule has 126 valence electrons. The fourth-order valence-electron chi connectivity index (χ4n) is 2.62. The summed E-state index contributed by atoms with van der Waals surface area (Å²) in [5, 5.41) is 0. The largest absolute Gasteiger partial charge is 0.494 e. The van der Waals surface area contributed by atoms with Crippen molar-refractivity contribution in [3.05, 3.63) is 96.6 Å². The van der Waals surface area contributed by atoms with Crippen LogP contribution in [0, 0.1) is 0 Å². The number of para-hydroxylation sites is 2. The molecule has 0 spiro atoms. The van der Waals surface area contributed by atoms with Crippen molar-refractivity contribution in [2.75, 3.05) is 18.1 Å². The van der Waals surface area contributed by atoms with E-state index in [4.69, 9.17) is 4.74 Å². The number of hydrogen-bond donors (Lipinski definition) is 0. The van der Waals surface area contributed by atoms with E-state index in [1.807, 2.05) is 95.9 Å². The zero-order chi connectivity index (χ0) is 17.3. The molecule has 0 N–H and O–H groups in total. The number of carbonyl (C=O) groups excluding carboxylic acids is 1. The minimum atomic E-state index is 0.00603.